The molecule has 4 heteroatoms. The van der Waals surface area contributed by atoms with Crippen LogP contribution in [-0.2, 0) is 7.05 Å². The van der Waals surface area contributed by atoms with E-state index >= 15 is 0 Å². The van der Waals surface area contributed by atoms with Gasteiger partial charge in [0, 0.05) is 42.2 Å². The predicted molar refractivity (Wildman–Crippen MR) is 91.9 cm³/mol. The second kappa shape index (κ2) is 5.32. The normalized spacial score (nSPS) is 11.0. The molecule has 1 aromatic carbocycles. The summed E-state index contributed by atoms with van der Waals surface area (Å²) < 4.78 is 1.81. The van der Waals surface area contributed by atoms with Crippen molar-refractivity contribution in [2.75, 3.05) is 0 Å². The molecule has 0 amide bonds. The molecule has 0 aliphatic heterocycles. The first-order valence-corrected chi connectivity index (χ1v) is 7.50. The van der Waals surface area contributed by atoms with E-state index in [1.807, 2.05) is 42.7 Å². The summed E-state index contributed by atoms with van der Waals surface area (Å²) >= 11 is 0. The summed E-state index contributed by atoms with van der Waals surface area (Å²) in [6.45, 7) is 2.06. The molecule has 3 aromatic heterocycles. The first kappa shape index (κ1) is 13.6. The lowest BCUT2D eigenvalue weighted by molar-refractivity contribution is 0.768. The number of aryl methyl sites for hydroxylation is 2. The predicted octanol–water partition coefficient (Wildman–Crippen LogP) is 4.01. The minimum absolute atomic E-state index is 0.921. The third-order valence-corrected chi connectivity index (χ3v) is 3.98. The first-order chi connectivity index (χ1) is 11.2. The van der Waals surface area contributed by atoms with Crippen molar-refractivity contribution in [2.45, 2.75) is 6.92 Å². The number of nitrogens with zero attached hydrogens (tertiary/aromatic N) is 4. The second-order valence-corrected chi connectivity index (χ2v) is 5.75. The van der Waals surface area contributed by atoms with E-state index in [4.69, 9.17) is 0 Å². The van der Waals surface area contributed by atoms with Gasteiger partial charge in [0.25, 0.3) is 0 Å². The van der Waals surface area contributed by atoms with Crippen LogP contribution in [0.2, 0.25) is 0 Å². The molecule has 112 valence electrons. The van der Waals surface area contributed by atoms with Gasteiger partial charge in [-0.15, -0.1) is 0 Å². The van der Waals surface area contributed by atoms with Crippen LogP contribution in [0.3, 0.4) is 0 Å². The Bertz CT molecular complexity index is 984. The minimum atomic E-state index is 0.921. The van der Waals surface area contributed by atoms with Gasteiger partial charge in [-0.1, -0.05) is 24.3 Å². The maximum absolute atomic E-state index is 4.46. The molecule has 0 aliphatic carbocycles. The smallest absolute Gasteiger partial charge is 0.0891 e. The van der Waals surface area contributed by atoms with Crippen LogP contribution in [0, 0.1) is 6.92 Å². The van der Waals surface area contributed by atoms with E-state index in [9.17, 15) is 0 Å². The molecule has 0 saturated heterocycles. The van der Waals surface area contributed by atoms with Crippen molar-refractivity contribution in [3.05, 3.63) is 66.9 Å². The molecule has 3 heterocycles. The number of hydrogen-bond acceptors (Lipinski definition) is 3. The maximum Gasteiger partial charge on any atom is 0.0891 e. The van der Waals surface area contributed by atoms with E-state index in [1.165, 1.54) is 0 Å². The Morgan fingerprint density at radius 1 is 0.870 bits per heavy atom. The summed E-state index contributed by atoms with van der Waals surface area (Å²) in [6, 6.07) is 10.7. The highest BCUT2D eigenvalue weighted by atomic mass is 15.2. The maximum atomic E-state index is 4.46. The Labute approximate surface area is 134 Å². The van der Waals surface area contributed by atoms with Gasteiger partial charge >= 0.3 is 0 Å². The van der Waals surface area contributed by atoms with Gasteiger partial charge in [0.1, 0.15) is 0 Å². The van der Waals surface area contributed by atoms with Crippen molar-refractivity contribution in [3.63, 3.8) is 0 Å². The lowest BCUT2D eigenvalue weighted by atomic mass is 10.00. The van der Waals surface area contributed by atoms with Crippen LogP contribution in [0.15, 0.2) is 61.3 Å². The molecule has 0 radical (unpaired) electrons. The van der Waals surface area contributed by atoms with Crippen molar-refractivity contribution in [1.29, 1.82) is 0 Å². The molecular formula is C19H16N4. The summed E-state index contributed by atoms with van der Waals surface area (Å²) in [4.78, 5) is 8.79. The van der Waals surface area contributed by atoms with Gasteiger partial charge in [0.15, 0.2) is 0 Å². The molecule has 0 atom stereocenters. The zero-order valence-corrected chi connectivity index (χ0v) is 13.1. The van der Waals surface area contributed by atoms with Gasteiger partial charge in [-0.3, -0.25) is 14.6 Å². The molecule has 0 N–H and O–H groups in total. The van der Waals surface area contributed by atoms with Gasteiger partial charge < -0.3 is 0 Å². The summed E-state index contributed by atoms with van der Waals surface area (Å²) in [5.74, 6) is 0. The number of benzene rings is 1. The minimum Gasteiger partial charge on any atom is -0.275 e. The van der Waals surface area contributed by atoms with Crippen molar-refractivity contribution in [1.82, 2.24) is 19.7 Å². The number of fused-ring (bicyclic) bond motifs is 1. The Morgan fingerprint density at radius 2 is 1.65 bits per heavy atom. The Kier molecular flexibility index (Phi) is 3.15. The lowest BCUT2D eigenvalue weighted by Gasteiger charge is -2.07. The first-order valence-electron chi connectivity index (χ1n) is 7.50. The monoisotopic (exact) mass is 300 g/mol. The van der Waals surface area contributed by atoms with Crippen LogP contribution < -0.4 is 0 Å². The van der Waals surface area contributed by atoms with Crippen LogP contribution >= 0.6 is 0 Å². The molecule has 4 rings (SSSR count). The van der Waals surface area contributed by atoms with Crippen molar-refractivity contribution >= 4 is 10.9 Å². The largest absolute Gasteiger partial charge is 0.275 e. The highest BCUT2D eigenvalue weighted by molar-refractivity contribution is 5.94. The fourth-order valence-electron chi connectivity index (χ4n) is 2.79. The number of rotatable bonds is 2. The van der Waals surface area contributed by atoms with Crippen LogP contribution in [0.25, 0.3) is 33.2 Å². The molecule has 0 aliphatic rings. The molecule has 4 nitrogen and oxygen atoms in total. The summed E-state index contributed by atoms with van der Waals surface area (Å²) in [6.07, 6.45) is 9.48. The van der Waals surface area contributed by atoms with Crippen molar-refractivity contribution in [2.24, 2.45) is 7.05 Å². The van der Waals surface area contributed by atoms with Gasteiger partial charge in [0.2, 0.25) is 0 Å². The van der Waals surface area contributed by atoms with E-state index in [0.717, 1.165) is 38.7 Å². The molecule has 0 fully saturated rings. The standard InChI is InChI=1S/C19H16N4/c1-13-7-17-18(10-20-11-19(17)21-8-13)15-5-3-14(4-6-15)16-9-22-23(2)12-16/h3-12H,1-2H3. The zero-order chi connectivity index (χ0) is 15.8. The van der Waals surface area contributed by atoms with E-state index in [1.54, 1.807) is 0 Å². The van der Waals surface area contributed by atoms with Crippen molar-refractivity contribution < 1.29 is 0 Å². The second-order valence-electron chi connectivity index (χ2n) is 5.75. The number of hydrogen-bond donors (Lipinski definition) is 0. The van der Waals surface area contributed by atoms with E-state index in [0.29, 0.717) is 0 Å². The SMILES string of the molecule is Cc1cnc2cncc(-c3ccc(-c4cnn(C)c4)cc3)c2c1. The Hall–Kier alpha value is -3.01. The van der Waals surface area contributed by atoms with Gasteiger partial charge in [0.05, 0.1) is 17.9 Å². The summed E-state index contributed by atoms with van der Waals surface area (Å²) in [5, 5.41) is 5.36. The molecular weight excluding hydrogens is 284 g/mol. The van der Waals surface area contributed by atoms with Crippen LogP contribution in [-0.4, -0.2) is 19.7 Å². The van der Waals surface area contributed by atoms with Crippen molar-refractivity contribution in [3.8, 4) is 22.3 Å². The molecule has 0 bridgehead atoms. The van der Waals surface area contributed by atoms with Crippen LogP contribution in [0.5, 0.6) is 0 Å². The van der Waals surface area contributed by atoms with Crippen LogP contribution in [0.4, 0.5) is 0 Å². The summed E-state index contributed by atoms with van der Waals surface area (Å²) in [7, 11) is 1.93. The molecule has 0 unspecified atom stereocenters. The third kappa shape index (κ3) is 2.48. The number of pyridine rings is 2. The van der Waals surface area contributed by atoms with E-state index in [2.05, 4.69) is 52.3 Å². The van der Waals surface area contributed by atoms with Gasteiger partial charge in [-0.05, 0) is 29.7 Å². The fourth-order valence-corrected chi connectivity index (χ4v) is 2.79. The Morgan fingerprint density at radius 3 is 2.39 bits per heavy atom. The highest BCUT2D eigenvalue weighted by Crippen LogP contribution is 2.29. The molecule has 0 spiro atoms. The highest BCUT2D eigenvalue weighted by Gasteiger charge is 2.07. The molecule has 23 heavy (non-hydrogen) atoms. The molecule has 4 aromatic rings. The summed E-state index contributed by atoms with van der Waals surface area (Å²) in [5.41, 5.74) is 6.60. The third-order valence-electron chi connectivity index (χ3n) is 3.98. The quantitative estimate of drug-likeness (QED) is 0.562. The number of aromatic nitrogens is 4. The average Bonchev–Trinajstić information content (AvgIpc) is 3.01. The topological polar surface area (TPSA) is 43.6 Å². The molecule has 0 saturated carbocycles. The zero-order valence-electron chi connectivity index (χ0n) is 13.1. The van der Waals surface area contributed by atoms with Gasteiger partial charge in [-0.25, -0.2) is 0 Å². The van der Waals surface area contributed by atoms with Crippen LogP contribution in [0.1, 0.15) is 5.56 Å². The van der Waals surface area contributed by atoms with E-state index in [-0.39, 0.29) is 0 Å². The van der Waals surface area contributed by atoms with E-state index < -0.39 is 0 Å². The fraction of sp³-hybridized carbons (Fsp3) is 0.105. The van der Waals surface area contributed by atoms with Gasteiger partial charge in [-0.2, -0.15) is 5.10 Å². The Balaban J connectivity index is 1.81. The lowest BCUT2D eigenvalue weighted by Crippen LogP contribution is -1.88. The average molecular weight is 300 g/mol.